The third kappa shape index (κ3) is 13.3. The normalized spacial score (nSPS) is 24.8. The summed E-state index contributed by atoms with van der Waals surface area (Å²) in [4.78, 5) is 0. The van der Waals surface area contributed by atoms with Gasteiger partial charge >= 0.3 is 22.1 Å². The number of nitrogens with one attached hydrogen (secondary N) is 3. The van der Waals surface area contributed by atoms with Crippen molar-refractivity contribution in [1.82, 2.24) is 16.0 Å². The minimum atomic E-state index is 0. The Morgan fingerprint density at radius 2 is 1.23 bits per heavy atom. The first-order valence-corrected chi connectivity index (χ1v) is 4.70. The molecule has 0 radical (unpaired) electrons. The Hall–Kier alpha value is 1.28. The maximum Gasteiger partial charge on any atom is -1.00 e. The van der Waals surface area contributed by atoms with Crippen molar-refractivity contribution < 1.29 is 53.5 Å². The van der Waals surface area contributed by atoms with Gasteiger partial charge in [-0.15, -0.1) is 0 Å². The van der Waals surface area contributed by atoms with Gasteiger partial charge in [0.1, 0.15) is 0 Å². The quantitative estimate of drug-likeness (QED) is 0.414. The fourth-order valence-corrected chi connectivity index (χ4v) is 0.858. The summed E-state index contributed by atoms with van der Waals surface area (Å²) in [6.45, 7) is 5.13. The Kier molecular flexibility index (Phi) is 28.9. The SMILES string of the molecule is CC1NCNC(C)N1.[CH3][Cr+3].[Cl-].[Cl-].[Cl-]. The van der Waals surface area contributed by atoms with E-state index in [1.807, 2.05) is 5.79 Å². The predicted octanol–water partition coefficient (Wildman–Crippen LogP) is -8.99. The van der Waals surface area contributed by atoms with Crippen LogP contribution in [0, 0.1) is 0 Å². The number of rotatable bonds is 0. The van der Waals surface area contributed by atoms with Gasteiger partial charge < -0.3 is 37.2 Å². The summed E-state index contributed by atoms with van der Waals surface area (Å²) in [5.74, 6) is 1.88. The van der Waals surface area contributed by atoms with Crippen molar-refractivity contribution in [3.8, 4) is 0 Å². The van der Waals surface area contributed by atoms with Gasteiger partial charge in [0, 0.05) is 6.67 Å². The first-order valence-electron chi connectivity index (χ1n) is 3.42. The molecule has 0 amide bonds. The van der Waals surface area contributed by atoms with Gasteiger partial charge in [-0.2, -0.15) is 0 Å². The molecule has 0 aliphatic carbocycles. The average Bonchev–Trinajstić information content (AvgIpc) is 1.91. The molecule has 0 bridgehead atoms. The molecular formula is C6H16Cl3CrN3. The molecule has 1 rings (SSSR count). The molecule has 1 fully saturated rings. The molecule has 0 saturated carbocycles. The summed E-state index contributed by atoms with van der Waals surface area (Å²) >= 11 is 2.62. The van der Waals surface area contributed by atoms with Crippen LogP contribution in [0.25, 0.3) is 0 Å². The zero-order valence-corrected chi connectivity index (χ0v) is 11.4. The molecule has 3 N–H and O–H groups in total. The van der Waals surface area contributed by atoms with Crippen molar-refractivity contribution in [3.05, 3.63) is 0 Å². The summed E-state index contributed by atoms with van der Waals surface area (Å²) in [7, 11) is 0. The van der Waals surface area contributed by atoms with E-state index in [0.29, 0.717) is 12.3 Å². The van der Waals surface area contributed by atoms with Crippen molar-refractivity contribution in [2.45, 2.75) is 32.0 Å². The third-order valence-electron chi connectivity index (χ3n) is 1.32. The Bertz CT molecular complexity index is 81.5. The van der Waals surface area contributed by atoms with E-state index >= 15 is 0 Å². The van der Waals surface area contributed by atoms with E-state index in [9.17, 15) is 0 Å². The Morgan fingerprint density at radius 1 is 0.923 bits per heavy atom. The summed E-state index contributed by atoms with van der Waals surface area (Å²) < 4.78 is 0. The van der Waals surface area contributed by atoms with E-state index in [1.165, 1.54) is 0 Å². The van der Waals surface area contributed by atoms with E-state index < -0.39 is 0 Å². The number of hydrogen-bond acceptors (Lipinski definition) is 3. The van der Waals surface area contributed by atoms with Crippen LogP contribution < -0.4 is 53.2 Å². The van der Waals surface area contributed by atoms with E-state index in [-0.39, 0.29) is 37.2 Å². The molecule has 0 aromatic rings. The molecule has 1 saturated heterocycles. The molecule has 82 valence electrons. The Balaban J connectivity index is -0.0000000761. The monoisotopic (exact) mass is 287 g/mol. The molecule has 1 heterocycles. The minimum absolute atomic E-state index is 0. The maximum atomic E-state index is 3.26. The van der Waals surface area contributed by atoms with Crippen molar-refractivity contribution in [1.29, 1.82) is 0 Å². The summed E-state index contributed by atoms with van der Waals surface area (Å²) in [6.07, 6.45) is 0.900. The van der Waals surface area contributed by atoms with Crippen molar-refractivity contribution in [3.63, 3.8) is 0 Å². The Labute approximate surface area is 108 Å². The summed E-state index contributed by atoms with van der Waals surface area (Å²) in [6, 6.07) is 0. The van der Waals surface area contributed by atoms with E-state index in [0.717, 1.165) is 6.67 Å². The van der Waals surface area contributed by atoms with Crippen LogP contribution in [0.1, 0.15) is 13.8 Å². The fraction of sp³-hybridized carbons (Fsp3) is 1.00. The predicted molar refractivity (Wildman–Crippen MR) is 39.1 cm³/mol. The van der Waals surface area contributed by atoms with Gasteiger partial charge in [0.2, 0.25) is 0 Å². The van der Waals surface area contributed by atoms with E-state index in [1.54, 1.807) is 0 Å². The zero-order valence-electron chi connectivity index (χ0n) is 7.90. The molecule has 1 aliphatic rings. The molecule has 7 heteroatoms. The van der Waals surface area contributed by atoms with Crippen LogP contribution >= 0.6 is 0 Å². The van der Waals surface area contributed by atoms with E-state index in [4.69, 9.17) is 0 Å². The molecule has 1 aliphatic heterocycles. The molecule has 3 nitrogen and oxygen atoms in total. The van der Waals surface area contributed by atoms with Gasteiger partial charge in [-0.3, -0.25) is 16.0 Å². The zero-order chi connectivity index (χ0) is 7.98. The van der Waals surface area contributed by atoms with Crippen molar-refractivity contribution in [2.75, 3.05) is 6.67 Å². The van der Waals surface area contributed by atoms with Gasteiger partial charge in [0.05, 0.1) is 12.3 Å². The van der Waals surface area contributed by atoms with Crippen LogP contribution in [0.3, 0.4) is 0 Å². The molecule has 13 heavy (non-hydrogen) atoms. The first-order chi connectivity index (χ1) is 4.79. The number of halogens is 3. The molecular weight excluding hydrogens is 272 g/mol. The largest absolute Gasteiger partial charge is 1.00 e. The van der Waals surface area contributed by atoms with Crippen molar-refractivity contribution >= 4 is 0 Å². The van der Waals surface area contributed by atoms with Crippen molar-refractivity contribution in [2.24, 2.45) is 0 Å². The summed E-state index contributed by atoms with van der Waals surface area (Å²) in [5, 5.41) is 9.64. The molecule has 2 atom stereocenters. The second-order valence-corrected chi connectivity index (χ2v) is 2.20. The Morgan fingerprint density at radius 3 is 1.38 bits per heavy atom. The van der Waals surface area contributed by atoms with Gasteiger partial charge in [-0.1, -0.05) is 0 Å². The van der Waals surface area contributed by atoms with Gasteiger partial charge in [0.15, 0.2) is 0 Å². The third-order valence-corrected chi connectivity index (χ3v) is 1.32. The van der Waals surface area contributed by atoms with Crippen LogP contribution in [0.5, 0.6) is 0 Å². The standard InChI is InChI=1S/C5H13N3.CH3.3ClH.Cr/c1-4-6-3-7-5(2)8-4;;;;;/h4-8H,3H2,1-2H3;1H3;3*1H;/q;;;;;+3/p-3. The fourth-order valence-electron chi connectivity index (χ4n) is 0.858. The van der Waals surface area contributed by atoms with Gasteiger partial charge in [-0.05, 0) is 13.8 Å². The maximum absolute atomic E-state index is 3.26. The number of hydrogen-bond donors (Lipinski definition) is 3. The van der Waals surface area contributed by atoms with Gasteiger partial charge in [0.25, 0.3) is 0 Å². The second-order valence-electron chi connectivity index (χ2n) is 2.20. The first kappa shape index (κ1) is 23.8. The second kappa shape index (κ2) is 15.7. The average molecular weight is 289 g/mol. The summed E-state index contributed by atoms with van der Waals surface area (Å²) in [5.41, 5.74) is 0. The van der Waals surface area contributed by atoms with Crippen LogP contribution in [-0.2, 0) is 16.3 Å². The molecule has 0 aromatic heterocycles. The molecule has 0 spiro atoms. The molecule has 0 aromatic carbocycles. The smallest absolute Gasteiger partial charge is 1.00 e. The van der Waals surface area contributed by atoms with Crippen LogP contribution in [0.2, 0.25) is 5.79 Å². The van der Waals surface area contributed by atoms with E-state index in [2.05, 4.69) is 46.1 Å². The minimum Gasteiger partial charge on any atom is -1.00 e. The molecule has 2 unspecified atom stereocenters. The topological polar surface area (TPSA) is 36.1 Å². The van der Waals surface area contributed by atoms with Gasteiger partial charge in [-0.25, -0.2) is 0 Å². The van der Waals surface area contributed by atoms with Crippen LogP contribution in [-0.4, -0.2) is 19.0 Å². The van der Waals surface area contributed by atoms with Crippen LogP contribution in [0.15, 0.2) is 0 Å². The van der Waals surface area contributed by atoms with Crippen LogP contribution in [0.4, 0.5) is 0 Å².